The van der Waals surface area contributed by atoms with Crippen molar-refractivity contribution in [1.82, 2.24) is 14.7 Å². The minimum absolute atomic E-state index is 0.121. The molecule has 0 fully saturated rings. The van der Waals surface area contributed by atoms with Gasteiger partial charge < -0.3 is 9.26 Å². The number of sulfonamides is 1. The first-order valence-corrected chi connectivity index (χ1v) is 16.8. The summed E-state index contributed by atoms with van der Waals surface area (Å²) in [6.45, 7) is 10.4. The molecule has 0 atom stereocenters. The number of thiophene rings is 1. The lowest BCUT2D eigenvalue weighted by molar-refractivity contribution is 0.134. The Balaban J connectivity index is 1.53. The summed E-state index contributed by atoms with van der Waals surface area (Å²) >= 11 is 1.19. The number of nitrogens with zero attached hydrogens (tertiary/aromatic N) is 3. The molecule has 3 aromatic heterocycles. The van der Waals surface area contributed by atoms with Crippen LogP contribution in [0.25, 0.3) is 22.4 Å². The zero-order valence-corrected chi connectivity index (χ0v) is 27.1. The molecule has 2 aromatic carbocycles. The van der Waals surface area contributed by atoms with E-state index >= 15 is 0 Å². The minimum atomic E-state index is -3.97. The van der Waals surface area contributed by atoms with E-state index in [-0.39, 0.29) is 22.2 Å². The maximum absolute atomic E-state index is 13.6. The van der Waals surface area contributed by atoms with Gasteiger partial charge in [0.25, 0.3) is 15.6 Å². The number of hydrogen-bond donors (Lipinski definition) is 1. The molecule has 5 aromatic rings. The molecular formula is C33H36N4O5S2. The topological polar surface area (TPSA) is 116 Å². The van der Waals surface area contributed by atoms with Gasteiger partial charge >= 0.3 is 0 Å². The Morgan fingerprint density at radius 3 is 2.45 bits per heavy atom. The van der Waals surface area contributed by atoms with Gasteiger partial charge in [-0.2, -0.15) is 0 Å². The van der Waals surface area contributed by atoms with Crippen molar-refractivity contribution in [2.75, 3.05) is 11.3 Å². The molecule has 0 aliphatic rings. The van der Waals surface area contributed by atoms with E-state index in [0.29, 0.717) is 42.2 Å². The number of ether oxygens (including phenoxy) is 1. The molecule has 0 amide bonds. The summed E-state index contributed by atoms with van der Waals surface area (Å²) in [6, 6.07) is 19.0. The molecule has 0 aliphatic carbocycles. The van der Waals surface area contributed by atoms with Crippen molar-refractivity contribution in [3.05, 3.63) is 104 Å². The first-order chi connectivity index (χ1) is 21.1. The predicted molar refractivity (Wildman–Crippen MR) is 174 cm³/mol. The highest BCUT2D eigenvalue weighted by Gasteiger charge is 2.26. The van der Waals surface area contributed by atoms with Gasteiger partial charge in [-0.25, -0.2) is 13.4 Å². The fourth-order valence-electron chi connectivity index (χ4n) is 4.98. The number of aryl methyl sites for hydroxylation is 3. The van der Waals surface area contributed by atoms with Crippen molar-refractivity contribution in [3.63, 3.8) is 0 Å². The Morgan fingerprint density at radius 2 is 1.77 bits per heavy atom. The van der Waals surface area contributed by atoms with Crippen LogP contribution in [0.5, 0.6) is 0 Å². The number of anilines is 1. The van der Waals surface area contributed by atoms with E-state index < -0.39 is 10.0 Å². The third-order valence-electron chi connectivity index (χ3n) is 7.35. The van der Waals surface area contributed by atoms with Crippen LogP contribution in [0, 0.1) is 20.8 Å². The summed E-state index contributed by atoms with van der Waals surface area (Å²) in [6.07, 6.45) is 1.50. The van der Waals surface area contributed by atoms with Crippen LogP contribution in [0.1, 0.15) is 53.4 Å². The lowest BCUT2D eigenvalue weighted by Gasteiger charge is -2.16. The maximum atomic E-state index is 13.6. The van der Waals surface area contributed by atoms with Gasteiger partial charge in [0.05, 0.1) is 18.8 Å². The molecule has 0 radical (unpaired) electrons. The van der Waals surface area contributed by atoms with Gasteiger partial charge in [0, 0.05) is 40.7 Å². The molecule has 5 rings (SSSR count). The van der Waals surface area contributed by atoms with Crippen molar-refractivity contribution in [2.24, 2.45) is 0 Å². The molecule has 9 nitrogen and oxygen atoms in total. The van der Waals surface area contributed by atoms with Gasteiger partial charge in [-0.15, -0.1) is 11.3 Å². The van der Waals surface area contributed by atoms with Crippen molar-refractivity contribution in [2.45, 2.75) is 64.8 Å². The largest absolute Gasteiger partial charge is 0.377 e. The summed E-state index contributed by atoms with van der Waals surface area (Å²) < 4.78 is 42.7. The van der Waals surface area contributed by atoms with Crippen LogP contribution in [-0.4, -0.2) is 29.7 Å². The van der Waals surface area contributed by atoms with Crippen LogP contribution < -0.4 is 10.3 Å². The molecule has 0 unspecified atom stereocenters. The molecule has 0 aliphatic heterocycles. The summed E-state index contributed by atoms with van der Waals surface area (Å²) in [5.41, 5.74) is 5.12. The van der Waals surface area contributed by atoms with E-state index in [4.69, 9.17) is 14.2 Å². The van der Waals surface area contributed by atoms with Gasteiger partial charge in [0.2, 0.25) is 0 Å². The van der Waals surface area contributed by atoms with Crippen LogP contribution in [-0.2, 0) is 34.3 Å². The first kappa shape index (κ1) is 31.4. The van der Waals surface area contributed by atoms with E-state index in [1.165, 1.54) is 11.3 Å². The highest BCUT2D eigenvalue weighted by atomic mass is 32.2. The normalized spacial score (nSPS) is 11.7. The molecule has 1 N–H and O–H groups in total. The van der Waals surface area contributed by atoms with Gasteiger partial charge in [0.15, 0.2) is 5.82 Å². The average Bonchev–Trinajstić information content (AvgIpc) is 3.55. The second kappa shape index (κ2) is 13.3. The molecule has 3 heterocycles. The van der Waals surface area contributed by atoms with Gasteiger partial charge in [0.1, 0.15) is 15.8 Å². The maximum Gasteiger partial charge on any atom is 0.273 e. The number of hydrogen-bond acceptors (Lipinski definition) is 8. The standard InChI is InChI=1S/C33H36N4O5S2/c1-6-11-30-34-29(25-12-9-8-10-13-25)18-31(38)37(30)19-24-14-15-27(26(17-24)20-41-7-2)28-16-21(3)43-33(28)44(39,40)36-32-22(4)23(5)42-35-32/h8-10,12-18H,6-7,11,19-20H2,1-5H3,(H,35,36). The number of nitrogens with one attached hydrogen (secondary N) is 1. The minimum Gasteiger partial charge on any atom is -0.377 e. The van der Waals surface area contributed by atoms with Crippen LogP contribution in [0.3, 0.4) is 0 Å². The number of benzene rings is 2. The Morgan fingerprint density at radius 1 is 1.00 bits per heavy atom. The van der Waals surface area contributed by atoms with Gasteiger partial charge in [-0.1, -0.05) is 60.6 Å². The van der Waals surface area contributed by atoms with Crippen molar-refractivity contribution in [1.29, 1.82) is 0 Å². The monoisotopic (exact) mass is 632 g/mol. The van der Waals surface area contributed by atoms with Crippen molar-refractivity contribution < 1.29 is 17.7 Å². The van der Waals surface area contributed by atoms with Crippen LogP contribution in [0.4, 0.5) is 5.82 Å². The average molecular weight is 633 g/mol. The van der Waals surface area contributed by atoms with E-state index in [1.54, 1.807) is 24.5 Å². The van der Waals surface area contributed by atoms with Gasteiger partial charge in [-0.05, 0) is 56.9 Å². The molecule has 0 spiro atoms. The first-order valence-electron chi connectivity index (χ1n) is 14.5. The van der Waals surface area contributed by atoms with E-state index in [0.717, 1.165) is 39.4 Å². The summed E-state index contributed by atoms with van der Waals surface area (Å²) in [7, 11) is -3.97. The molecular weight excluding hydrogens is 597 g/mol. The molecule has 0 saturated carbocycles. The summed E-state index contributed by atoms with van der Waals surface area (Å²) in [4.78, 5) is 19.1. The zero-order valence-electron chi connectivity index (χ0n) is 25.5. The van der Waals surface area contributed by atoms with Crippen molar-refractivity contribution >= 4 is 27.2 Å². The highest BCUT2D eigenvalue weighted by Crippen LogP contribution is 2.38. The smallest absolute Gasteiger partial charge is 0.273 e. The number of rotatable bonds is 12. The Hall–Kier alpha value is -4.06. The van der Waals surface area contributed by atoms with E-state index in [1.807, 2.05) is 68.4 Å². The summed E-state index contributed by atoms with van der Waals surface area (Å²) in [5, 5.41) is 3.88. The molecule has 0 saturated heterocycles. The van der Waals surface area contributed by atoms with E-state index in [2.05, 4.69) is 16.8 Å². The molecule has 0 bridgehead atoms. The SMILES string of the molecule is CCCc1nc(-c2ccccc2)cc(=O)n1Cc1ccc(-c2cc(C)sc2S(=O)(=O)Nc2noc(C)c2C)c(COCC)c1. The fraction of sp³-hybridized carbons (Fsp3) is 0.303. The Kier molecular flexibility index (Phi) is 9.48. The van der Waals surface area contributed by atoms with Crippen LogP contribution >= 0.6 is 11.3 Å². The van der Waals surface area contributed by atoms with Crippen LogP contribution in [0.15, 0.2) is 74.2 Å². The molecule has 44 heavy (non-hydrogen) atoms. The van der Waals surface area contributed by atoms with Crippen LogP contribution in [0.2, 0.25) is 0 Å². The Labute approximate surface area is 261 Å². The Bertz CT molecular complexity index is 1940. The second-order valence-electron chi connectivity index (χ2n) is 10.6. The second-order valence-corrected chi connectivity index (χ2v) is 13.7. The summed E-state index contributed by atoms with van der Waals surface area (Å²) in [5.74, 6) is 1.44. The third kappa shape index (κ3) is 6.69. The highest BCUT2D eigenvalue weighted by molar-refractivity contribution is 7.94. The third-order valence-corrected chi connectivity index (χ3v) is 10.3. The zero-order chi connectivity index (χ0) is 31.4. The van der Waals surface area contributed by atoms with E-state index in [9.17, 15) is 13.2 Å². The lowest BCUT2D eigenvalue weighted by Crippen LogP contribution is -2.25. The van der Waals surface area contributed by atoms with Gasteiger partial charge in [-0.3, -0.25) is 14.1 Å². The number of aromatic nitrogens is 3. The predicted octanol–water partition coefficient (Wildman–Crippen LogP) is 6.89. The van der Waals surface area contributed by atoms with Crippen molar-refractivity contribution in [3.8, 4) is 22.4 Å². The fourth-order valence-corrected chi connectivity index (χ4v) is 7.69. The quantitative estimate of drug-likeness (QED) is 0.159. The molecule has 230 valence electrons. The lowest BCUT2D eigenvalue weighted by atomic mass is 9.99. The molecule has 11 heteroatoms.